The Morgan fingerprint density at radius 3 is 2.39 bits per heavy atom. The summed E-state index contributed by atoms with van der Waals surface area (Å²) in [7, 11) is -3.81. The van der Waals surface area contributed by atoms with Crippen LogP contribution in [0, 0.1) is 12.7 Å². The number of benzene rings is 2. The topological polar surface area (TPSA) is 75.3 Å². The van der Waals surface area contributed by atoms with Gasteiger partial charge in [-0.1, -0.05) is 23.8 Å². The van der Waals surface area contributed by atoms with Crippen molar-refractivity contribution in [1.29, 1.82) is 0 Å². The molecule has 0 spiro atoms. The minimum Gasteiger partial charge on any atom is -0.325 e. The Bertz CT molecular complexity index is 804. The van der Waals surface area contributed by atoms with Gasteiger partial charge in [-0.15, -0.1) is 0 Å². The molecule has 23 heavy (non-hydrogen) atoms. The quantitative estimate of drug-likeness (QED) is 0.880. The van der Waals surface area contributed by atoms with Crippen LogP contribution >= 0.6 is 0 Å². The molecule has 2 aromatic rings. The lowest BCUT2D eigenvalue weighted by atomic mass is 10.2. The number of hydrogen-bond donors (Lipinski definition) is 2. The number of rotatable bonds is 5. The maximum absolute atomic E-state index is 13.1. The van der Waals surface area contributed by atoms with E-state index in [1.165, 1.54) is 37.3 Å². The van der Waals surface area contributed by atoms with Crippen LogP contribution in [0.4, 0.5) is 10.1 Å². The average molecular weight is 336 g/mol. The van der Waals surface area contributed by atoms with E-state index in [0.29, 0.717) is 0 Å². The van der Waals surface area contributed by atoms with E-state index in [-0.39, 0.29) is 10.6 Å². The molecule has 1 amide bonds. The summed E-state index contributed by atoms with van der Waals surface area (Å²) in [6.07, 6.45) is 0. The Kier molecular flexibility index (Phi) is 5.12. The highest BCUT2D eigenvalue weighted by atomic mass is 32.2. The average Bonchev–Trinajstić information content (AvgIpc) is 2.47. The van der Waals surface area contributed by atoms with E-state index in [2.05, 4.69) is 10.0 Å². The molecule has 0 bridgehead atoms. The minimum atomic E-state index is -3.81. The maximum atomic E-state index is 13.1. The minimum absolute atomic E-state index is 0.0773. The fourth-order valence-electron chi connectivity index (χ4n) is 1.89. The highest BCUT2D eigenvalue weighted by Crippen LogP contribution is 2.12. The summed E-state index contributed by atoms with van der Waals surface area (Å²) < 4.78 is 39.8. The lowest BCUT2D eigenvalue weighted by molar-refractivity contribution is -0.117. The molecule has 0 aliphatic heterocycles. The molecular formula is C16H17FN2O3S. The predicted molar refractivity (Wildman–Crippen MR) is 86.0 cm³/mol. The van der Waals surface area contributed by atoms with Gasteiger partial charge in [-0.2, -0.15) is 4.72 Å². The first-order valence-electron chi connectivity index (χ1n) is 6.93. The van der Waals surface area contributed by atoms with Gasteiger partial charge in [-0.3, -0.25) is 4.79 Å². The van der Waals surface area contributed by atoms with E-state index in [9.17, 15) is 17.6 Å². The molecule has 0 saturated heterocycles. The molecule has 2 rings (SSSR count). The van der Waals surface area contributed by atoms with E-state index in [1.807, 2.05) is 6.92 Å². The molecular weight excluding hydrogens is 319 g/mol. The van der Waals surface area contributed by atoms with Crippen molar-refractivity contribution in [1.82, 2.24) is 4.72 Å². The molecule has 5 nitrogen and oxygen atoms in total. The van der Waals surface area contributed by atoms with Crippen molar-refractivity contribution < 1.29 is 17.6 Å². The first-order valence-corrected chi connectivity index (χ1v) is 8.42. The summed E-state index contributed by atoms with van der Waals surface area (Å²) in [6, 6.07) is 10.6. The van der Waals surface area contributed by atoms with Crippen molar-refractivity contribution in [2.24, 2.45) is 0 Å². The van der Waals surface area contributed by atoms with E-state index < -0.39 is 27.8 Å². The van der Waals surface area contributed by atoms with Crippen molar-refractivity contribution >= 4 is 21.6 Å². The first kappa shape index (κ1) is 17.1. The molecule has 0 radical (unpaired) electrons. The van der Waals surface area contributed by atoms with Crippen molar-refractivity contribution in [2.45, 2.75) is 24.8 Å². The Morgan fingerprint density at radius 1 is 1.13 bits per heavy atom. The van der Waals surface area contributed by atoms with Crippen molar-refractivity contribution in [3.8, 4) is 0 Å². The lowest BCUT2D eigenvalue weighted by Gasteiger charge is -2.14. The molecule has 0 aliphatic carbocycles. The third kappa shape index (κ3) is 4.61. The highest BCUT2D eigenvalue weighted by molar-refractivity contribution is 7.89. The van der Waals surface area contributed by atoms with Crippen LogP contribution in [0.15, 0.2) is 53.4 Å². The molecule has 0 unspecified atom stereocenters. The summed E-state index contributed by atoms with van der Waals surface area (Å²) in [5.74, 6) is -1.07. The van der Waals surface area contributed by atoms with Gasteiger partial charge >= 0.3 is 0 Å². The molecule has 1 atom stereocenters. The van der Waals surface area contributed by atoms with E-state index in [4.69, 9.17) is 0 Å². The van der Waals surface area contributed by atoms with Crippen LogP contribution in [0.5, 0.6) is 0 Å². The van der Waals surface area contributed by atoms with E-state index in [1.54, 1.807) is 12.1 Å². The van der Waals surface area contributed by atoms with Gasteiger partial charge in [0.25, 0.3) is 0 Å². The number of halogens is 1. The zero-order valence-electron chi connectivity index (χ0n) is 12.7. The molecule has 2 aromatic carbocycles. The van der Waals surface area contributed by atoms with Gasteiger partial charge in [-0.05, 0) is 44.2 Å². The van der Waals surface area contributed by atoms with Crippen molar-refractivity contribution in [3.63, 3.8) is 0 Å². The van der Waals surface area contributed by atoms with Crippen LogP contribution in [-0.4, -0.2) is 20.4 Å². The van der Waals surface area contributed by atoms with Crippen LogP contribution in [0.1, 0.15) is 12.5 Å². The summed E-state index contributed by atoms with van der Waals surface area (Å²) in [5.41, 5.74) is 1.19. The lowest BCUT2D eigenvalue weighted by Crippen LogP contribution is -2.41. The number of aryl methyl sites for hydroxylation is 1. The second-order valence-electron chi connectivity index (χ2n) is 5.16. The van der Waals surface area contributed by atoms with Crippen LogP contribution in [0.25, 0.3) is 0 Å². The fourth-order valence-corrected chi connectivity index (χ4v) is 3.09. The molecule has 0 fully saturated rings. The fraction of sp³-hybridized carbons (Fsp3) is 0.188. The van der Waals surface area contributed by atoms with Gasteiger partial charge in [-0.25, -0.2) is 12.8 Å². The third-order valence-corrected chi connectivity index (χ3v) is 4.71. The van der Waals surface area contributed by atoms with Crippen LogP contribution in [-0.2, 0) is 14.8 Å². The highest BCUT2D eigenvalue weighted by Gasteiger charge is 2.22. The van der Waals surface area contributed by atoms with Crippen molar-refractivity contribution in [3.05, 3.63) is 59.9 Å². The summed E-state index contributed by atoms with van der Waals surface area (Å²) >= 11 is 0. The van der Waals surface area contributed by atoms with Crippen molar-refractivity contribution in [2.75, 3.05) is 5.32 Å². The van der Waals surface area contributed by atoms with Gasteiger partial charge in [0.2, 0.25) is 15.9 Å². The smallest absolute Gasteiger partial charge is 0.242 e. The second-order valence-corrected chi connectivity index (χ2v) is 6.87. The zero-order chi connectivity index (χ0) is 17.0. The number of carbonyl (C=O) groups excluding carboxylic acids is 1. The van der Waals surface area contributed by atoms with Gasteiger partial charge in [0.1, 0.15) is 5.82 Å². The molecule has 0 aromatic heterocycles. The standard InChI is InChI=1S/C16H17FN2O3S/c1-11-6-8-15(9-7-11)23(21,22)19-12(2)16(20)18-14-5-3-4-13(17)10-14/h3-10,12,19H,1-2H3,(H,18,20)/t12-/m1/s1. The second kappa shape index (κ2) is 6.89. The molecule has 2 N–H and O–H groups in total. The molecule has 7 heteroatoms. The Balaban J connectivity index is 2.06. The number of anilines is 1. The largest absolute Gasteiger partial charge is 0.325 e. The summed E-state index contributed by atoms with van der Waals surface area (Å²) in [6.45, 7) is 3.26. The zero-order valence-corrected chi connectivity index (χ0v) is 13.5. The molecule has 0 aliphatic rings. The third-order valence-electron chi connectivity index (χ3n) is 3.15. The summed E-state index contributed by atoms with van der Waals surface area (Å²) in [4.78, 5) is 12.1. The molecule has 122 valence electrons. The normalized spacial score (nSPS) is 12.7. The number of amides is 1. The number of sulfonamides is 1. The Morgan fingerprint density at radius 2 is 1.78 bits per heavy atom. The van der Waals surface area contributed by atoms with E-state index in [0.717, 1.165) is 11.6 Å². The van der Waals surface area contributed by atoms with Crippen LogP contribution in [0.3, 0.4) is 0 Å². The number of hydrogen-bond acceptors (Lipinski definition) is 3. The van der Waals surface area contributed by atoms with Gasteiger partial charge in [0.15, 0.2) is 0 Å². The SMILES string of the molecule is Cc1ccc(S(=O)(=O)N[C@H](C)C(=O)Nc2cccc(F)c2)cc1. The van der Waals surface area contributed by atoms with Crippen LogP contribution in [0.2, 0.25) is 0 Å². The van der Waals surface area contributed by atoms with Gasteiger partial charge < -0.3 is 5.32 Å². The van der Waals surface area contributed by atoms with Gasteiger partial charge in [0, 0.05) is 5.69 Å². The Hall–Kier alpha value is -2.25. The maximum Gasteiger partial charge on any atom is 0.242 e. The monoisotopic (exact) mass is 336 g/mol. The van der Waals surface area contributed by atoms with Gasteiger partial charge in [0.05, 0.1) is 10.9 Å². The van der Waals surface area contributed by atoms with E-state index >= 15 is 0 Å². The summed E-state index contributed by atoms with van der Waals surface area (Å²) in [5, 5.41) is 2.46. The van der Waals surface area contributed by atoms with Crippen LogP contribution < -0.4 is 10.0 Å². The Labute approximate surface area is 134 Å². The number of carbonyl (C=O) groups is 1. The number of nitrogens with one attached hydrogen (secondary N) is 2. The first-order chi connectivity index (χ1) is 10.8. The molecule has 0 saturated carbocycles. The predicted octanol–water partition coefficient (Wildman–Crippen LogP) is 2.44. The molecule has 0 heterocycles.